The molecule has 5 nitrogen and oxygen atoms in total. The molecule has 128 valence electrons. The molecule has 0 bridgehead atoms. The number of halogens is 1. The maximum absolute atomic E-state index is 12.3. The van der Waals surface area contributed by atoms with Crippen LogP contribution >= 0.6 is 23.4 Å². The topological polar surface area (TPSA) is 59.8 Å². The van der Waals surface area contributed by atoms with Crippen molar-refractivity contribution in [2.24, 2.45) is 7.05 Å². The van der Waals surface area contributed by atoms with Crippen molar-refractivity contribution in [3.8, 4) is 11.4 Å². The number of hydrogen-bond donors (Lipinski definition) is 1. The maximum atomic E-state index is 12.3. The van der Waals surface area contributed by atoms with Crippen LogP contribution in [0, 0.1) is 0 Å². The van der Waals surface area contributed by atoms with Crippen molar-refractivity contribution in [3.05, 3.63) is 29.3 Å². The molecule has 24 heavy (non-hydrogen) atoms. The van der Waals surface area contributed by atoms with Crippen molar-refractivity contribution in [3.63, 3.8) is 0 Å². The van der Waals surface area contributed by atoms with Crippen molar-refractivity contribution < 1.29 is 4.79 Å². The molecule has 1 amide bonds. The highest BCUT2D eigenvalue weighted by atomic mass is 35.5. The van der Waals surface area contributed by atoms with Crippen LogP contribution in [0.5, 0.6) is 0 Å². The van der Waals surface area contributed by atoms with Gasteiger partial charge in [-0.05, 0) is 31.9 Å². The fourth-order valence-corrected chi connectivity index (χ4v) is 3.94. The van der Waals surface area contributed by atoms with Gasteiger partial charge in [0.05, 0.1) is 10.3 Å². The quantitative estimate of drug-likeness (QED) is 0.822. The lowest BCUT2D eigenvalue weighted by Gasteiger charge is -2.16. The molecule has 0 saturated heterocycles. The summed E-state index contributed by atoms with van der Waals surface area (Å²) in [4.78, 5) is 12.3. The van der Waals surface area contributed by atoms with E-state index in [-0.39, 0.29) is 11.2 Å². The standard InChI is InChI=1S/C17H21ClN4OS/c1-11(16(23)19-12-7-3-4-8-12)24-17-21-20-15(22(17)2)13-9-5-6-10-14(13)18/h5-6,9-12H,3-4,7-8H2,1-2H3,(H,19,23)/t11-/m0/s1. The van der Waals surface area contributed by atoms with E-state index in [1.165, 1.54) is 24.6 Å². The molecule has 1 fully saturated rings. The Hall–Kier alpha value is -1.53. The van der Waals surface area contributed by atoms with Gasteiger partial charge in [0.25, 0.3) is 0 Å². The number of nitrogens with one attached hydrogen (secondary N) is 1. The molecule has 1 aromatic carbocycles. The van der Waals surface area contributed by atoms with E-state index in [1.54, 1.807) is 0 Å². The average molecular weight is 365 g/mol. The molecule has 0 aliphatic heterocycles. The van der Waals surface area contributed by atoms with Gasteiger partial charge in [-0.2, -0.15) is 0 Å². The van der Waals surface area contributed by atoms with Crippen LogP contribution in [0.1, 0.15) is 32.6 Å². The number of amides is 1. The predicted molar refractivity (Wildman–Crippen MR) is 97.2 cm³/mol. The first-order chi connectivity index (χ1) is 11.6. The molecule has 1 heterocycles. The third-order valence-electron chi connectivity index (χ3n) is 4.30. The Morgan fingerprint density at radius 1 is 1.33 bits per heavy atom. The van der Waals surface area contributed by atoms with Crippen LogP contribution < -0.4 is 5.32 Å². The fourth-order valence-electron chi connectivity index (χ4n) is 2.89. The molecule has 1 aliphatic carbocycles. The molecule has 1 aromatic heterocycles. The predicted octanol–water partition coefficient (Wildman–Crippen LogP) is 3.67. The molecule has 1 aliphatic rings. The number of aromatic nitrogens is 3. The van der Waals surface area contributed by atoms with Gasteiger partial charge in [0.1, 0.15) is 0 Å². The van der Waals surface area contributed by atoms with Crippen molar-refractivity contribution >= 4 is 29.3 Å². The molecule has 0 unspecified atom stereocenters. The number of nitrogens with zero attached hydrogens (tertiary/aromatic N) is 3. The number of carbonyl (C=O) groups excluding carboxylic acids is 1. The van der Waals surface area contributed by atoms with Crippen LogP contribution in [0.3, 0.4) is 0 Å². The summed E-state index contributed by atoms with van der Waals surface area (Å²) in [6, 6.07) is 7.87. The van der Waals surface area contributed by atoms with E-state index in [0.29, 0.717) is 22.0 Å². The van der Waals surface area contributed by atoms with E-state index in [0.717, 1.165) is 18.4 Å². The second-order valence-electron chi connectivity index (χ2n) is 6.10. The van der Waals surface area contributed by atoms with Crippen LogP contribution in [-0.2, 0) is 11.8 Å². The largest absolute Gasteiger partial charge is 0.352 e. The lowest BCUT2D eigenvalue weighted by atomic mass is 10.2. The van der Waals surface area contributed by atoms with Crippen LogP contribution in [0.15, 0.2) is 29.4 Å². The average Bonchev–Trinajstić information content (AvgIpc) is 3.19. The highest BCUT2D eigenvalue weighted by molar-refractivity contribution is 8.00. The normalized spacial score (nSPS) is 16.3. The van der Waals surface area contributed by atoms with Crippen LogP contribution in [0.4, 0.5) is 0 Å². The molecule has 2 aromatic rings. The lowest BCUT2D eigenvalue weighted by molar-refractivity contribution is -0.120. The summed E-state index contributed by atoms with van der Waals surface area (Å²) >= 11 is 7.66. The first-order valence-electron chi connectivity index (χ1n) is 8.17. The number of benzene rings is 1. The lowest BCUT2D eigenvalue weighted by Crippen LogP contribution is -2.37. The molecular weight excluding hydrogens is 344 g/mol. The Morgan fingerprint density at radius 2 is 2.04 bits per heavy atom. The molecule has 1 saturated carbocycles. The van der Waals surface area contributed by atoms with E-state index < -0.39 is 0 Å². The van der Waals surface area contributed by atoms with Crippen molar-refractivity contribution in [2.75, 3.05) is 0 Å². The van der Waals surface area contributed by atoms with E-state index >= 15 is 0 Å². The summed E-state index contributed by atoms with van der Waals surface area (Å²) in [6.45, 7) is 1.90. The first-order valence-corrected chi connectivity index (χ1v) is 9.43. The molecule has 7 heteroatoms. The summed E-state index contributed by atoms with van der Waals surface area (Å²) in [7, 11) is 1.89. The molecule has 3 rings (SSSR count). The van der Waals surface area contributed by atoms with Gasteiger partial charge in [-0.15, -0.1) is 10.2 Å². The smallest absolute Gasteiger partial charge is 0.233 e. The molecule has 0 spiro atoms. The Bertz CT molecular complexity index is 727. The van der Waals surface area contributed by atoms with Crippen LogP contribution in [0.2, 0.25) is 5.02 Å². The number of rotatable bonds is 5. The van der Waals surface area contributed by atoms with Gasteiger partial charge in [-0.3, -0.25) is 4.79 Å². The summed E-state index contributed by atoms with van der Waals surface area (Å²) in [5, 5.41) is 12.7. The van der Waals surface area contributed by atoms with Gasteiger partial charge < -0.3 is 9.88 Å². The second-order valence-corrected chi connectivity index (χ2v) is 7.81. The highest BCUT2D eigenvalue weighted by Gasteiger charge is 2.23. The zero-order valence-electron chi connectivity index (χ0n) is 13.8. The highest BCUT2D eigenvalue weighted by Crippen LogP contribution is 2.29. The number of hydrogen-bond acceptors (Lipinski definition) is 4. The molecular formula is C17H21ClN4OS. The zero-order chi connectivity index (χ0) is 17.1. The second kappa shape index (κ2) is 7.57. The molecule has 0 radical (unpaired) electrons. The van der Waals surface area contributed by atoms with Gasteiger partial charge in [0.2, 0.25) is 5.91 Å². The minimum Gasteiger partial charge on any atom is -0.352 e. The van der Waals surface area contributed by atoms with Crippen LogP contribution in [0.25, 0.3) is 11.4 Å². The van der Waals surface area contributed by atoms with Gasteiger partial charge in [-0.25, -0.2) is 0 Å². The fraction of sp³-hybridized carbons (Fsp3) is 0.471. The maximum Gasteiger partial charge on any atom is 0.233 e. The number of thioether (sulfide) groups is 1. The summed E-state index contributed by atoms with van der Waals surface area (Å²) < 4.78 is 1.88. The third-order valence-corrected chi connectivity index (χ3v) is 5.77. The van der Waals surface area contributed by atoms with E-state index in [1.807, 2.05) is 42.8 Å². The van der Waals surface area contributed by atoms with Gasteiger partial charge in [0.15, 0.2) is 11.0 Å². The van der Waals surface area contributed by atoms with Crippen molar-refractivity contribution in [1.29, 1.82) is 0 Å². The Kier molecular flexibility index (Phi) is 5.46. The Labute approximate surface area is 151 Å². The van der Waals surface area contributed by atoms with Gasteiger partial charge >= 0.3 is 0 Å². The summed E-state index contributed by atoms with van der Waals surface area (Å²) in [6.07, 6.45) is 4.58. The SMILES string of the molecule is C[C@H](Sc1nnc(-c2ccccc2Cl)n1C)C(=O)NC1CCCC1. The summed E-state index contributed by atoms with van der Waals surface area (Å²) in [5.74, 6) is 0.765. The minimum atomic E-state index is -0.215. The Balaban J connectivity index is 1.69. The van der Waals surface area contributed by atoms with E-state index in [4.69, 9.17) is 11.6 Å². The Morgan fingerprint density at radius 3 is 2.75 bits per heavy atom. The zero-order valence-corrected chi connectivity index (χ0v) is 15.4. The monoisotopic (exact) mass is 364 g/mol. The van der Waals surface area contributed by atoms with Gasteiger partial charge in [0, 0.05) is 18.7 Å². The third kappa shape index (κ3) is 3.75. The van der Waals surface area contributed by atoms with Crippen molar-refractivity contribution in [1.82, 2.24) is 20.1 Å². The molecule has 1 N–H and O–H groups in total. The van der Waals surface area contributed by atoms with Crippen LogP contribution in [-0.4, -0.2) is 32.0 Å². The molecule has 1 atom stereocenters. The van der Waals surface area contributed by atoms with E-state index in [2.05, 4.69) is 15.5 Å². The van der Waals surface area contributed by atoms with Gasteiger partial charge in [-0.1, -0.05) is 48.3 Å². The summed E-state index contributed by atoms with van der Waals surface area (Å²) in [5.41, 5.74) is 0.837. The first kappa shape index (κ1) is 17.3. The minimum absolute atomic E-state index is 0.0641. The van der Waals surface area contributed by atoms with E-state index in [9.17, 15) is 4.79 Å². The van der Waals surface area contributed by atoms with Crippen molar-refractivity contribution in [2.45, 2.75) is 49.1 Å². The number of carbonyl (C=O) groups is 1.